The summed E-state index contributed by atoms with van der Waals surface area (Å²) in [6, 6.07) is 2.43. The van der Waals surface area contributed by atoms with Crippen molar-refractivity contribution in [3.63, 3.8) is 0 Å². The number of carbonyl (C=O) groups is 1. The lowest BCUT2D eigenvalue weighted by Gasteiger charge is -2.18. The Balaban J connectivity index is 2.15. The van der Waals surface area contributed by atoms with E-state index in [1.807, 2.05) is 0 Å². The van der Waals surface area contributed by atoms with Gasteiger partial charge in [-0.2, -0.15) is 13.2 Å². The van der Waals surface area contributed by atoms with E-state index >= 15 is 0 Å². The summed E-state index contributed by atoms with van der Waals surface area (Å²) in [6.45, 7) is 1.18. The van der Waals surface area contributed by atoms with Crippen molar-refractivity contribution in [3.8, 4) is 0 Å². The molecule has 1 aromatic carbocycles. The molecule has 0 aromatic heterocycles. The smallest absolute Gasteiger partial charge is 0.356 e. The van der Waals surface area contributed by atoms with Crippen LogP contribution in [0.2, 0.25) is 5.02 Å². The molecular formula is C12H12ClF3N4O. The highest BCUT2D eigenvalue weighted by atomic mass is 35.5. The molecule has 0 spiro atoms. The summed E-state index contributed by atoms with van der Waals surface area (Å²) in [5.74, 6) is 0.222. The number of amides is 2. The lowest BCUT2D eigenvalue weighted by molar-refractivity contribution is -0.136. The molecule has 2 rings (SSSR count). The van der Waals surface area contributed by atoms with E-state index in [2.05, 4.69) is 20.9 Å². The van der Waals surface area contributed by atoms with Gasteiger partial charge < -0.3 is 10.6 Å². The van der Waals surface area contributed by atoms with Gasteiger partial charge in [-0.05, 0) is 18.6 Å². The van der Waals surface area contributed by atoms with Gasteiger partial charge in [0.15, 0.2) is 5.96 Å². The molecule has 0 atom stereocenters. The Kier molecular flexibility index (Phi) is 4.56. The Labute approximate surface area is 123 Å². The van der Waals surface area contributed by atoms with Crippen LogP contribution in [-0.2, 0) is 6.18 Å². The molecule has 114 valence electrons. The molecule has 0 aliphatic carbocycles. The number of anilines is 1. The molecule has 0 bridgehead atoms. The van der Waals surface area contributed by atoms with Crippen LogP contribution in [0, 0.1) is 0 Å². The molecule has 9 heteroatoms. The minimum atomic E-state index is -4.62. The zero-order valence-electron chi connectivity index (χ0n) is 10.7. The number of urea groups is 1. The van der Waals surface area contributed by atoms with Crippen LogP contribution in [-0.4, -0.2) is 25.1 Å². The summed E-state index contributed by atoms with van der Waals surface area (Å²) in [5, 5.41) is 7.07. The first-order chi connectivity index (χ1) is 9.88. The molecule has 1 heterocycles. The summed E-state index contributed by atoms with van der Waals surface area (Å²) in [4.78, 5) is 15.7. The number of hydrogen-bond donors (Lipinski definition) is 3. The van der Waals surface area contributed by atoms with E-state index in [1.54, 1.807) is 0 Å². The van der Waals surface area contributed by atoms with Crippen LogP contribution in [0.5, 0.6) is 0 Å². The van der Waals surface area contributed by atoms with Crippen molar-refractivity contribution in [3.05, 3.63) is 28.8 Å². The van der Waals surface area contributed by atoms with Crippen molar-refractivity contribution in [2.24, 2.45) is 4.99 Å². The molecule has 21 heavy (non-hydrogen) atoms. The van der Waals surface area contributed by atoms with Crippen LogP contribution in [0.25, 0.3) is 0 Å². The number of rotatable bonds is 1. The highest BCUT2D eigenvalue weighted by Crippen LogP contribution is 2.38. The fraction of sp³-hybridized carbons (Fsp3) is 0.333. The van der Waals surface area contributed by atoms with Gasteiger partial charge in [-0.3, -0.25) is 10.3 Å². The van der Waals surface area contributed by atoms with Gasteiger partial charge >= 0.3 is 12.2 Å². The standard InChI is InChI=1S/C12H12ClF3N4O/c13-8-4-1-3-7(12(14,15)16)9(8)19-11(21)20-10-17-5-2-6-18-10/h1,3-4H,2,5-6H2,(H3,17,18,19,20,21). The third-order valence-corrected chi connectivity index (χ3v) is 3.00. The van der Waals surface area contributed by atoms with Crippen molar-refractivity contribution in [1.82, 2.24) is 10.6 Å². The maximum Gasteiger partial charge on any atom is 0.418 e. The molecule has 1 aliphatic rings. The lowest BCUT2D eigenvalue weighted by Crippen LogP contribution is -2.45. The van der Waals surface area contributed by atoms with Gasteiger partial charge in [0.1, 0.15) is 0 Å². The Morgan fingerprint density at radius 3 is 2.71 bits per heavy atom. The van der Waals surface area contributed by atoms with E-state index in [-0.39, 0.29) is 11.0 Å². The summed E-state index contributed by atoms with van der Waals surface area (Å²) < 4.78 is 38.6. The van der Waals surface area contributed by atoms with E-state index in [4.69, 9.17) is 11.6 Å². The van der Waals surface area contributed by atoms with Crippen molar-refractivity contribution in [1.29, 1.82) is 0 Å². The topological polar surface area (TPSA) is 65.5 Å². The monoisotopic (exact) mass is 320 g/mol. The van der Waals surface area contributed by atoms with Crippen LogP contribution in [0.3, 0.4) is 0 Å². The largest absolute Gasteiger partial charge is 0.418 e. The first-order valence-electron chi connectivity index (χ1n) is 6.10. The number of carbonyl (C=O) groups excluding carboxylic acids is 1. The first kappa shape index (κ1) is 15.4. The first-order valence-corrected chi connectivity index (χ1v) is 6.48. The van der Waals surface area contributed by atoms with Gasteiger partial charge in [-0.1, -0.05) is 17.7 Å². The van der Waals surface area contributed by atoms with E-state index in [0.717, 1.165) is 12.5 Å². The number of halogens is 4. The van der Waals surface area contributed by atoms with Crippen molar-refractivity contribution in [2.45, 2.75) is 12.6 Å². The highest BCUT2D eigenvalue weighted by Gasteiger charge is 2.34. The molecular weight excluding hydrogens is 309 g/mol. The Hall–Kier alpha value is -1.96. The maximum atomic E-state index is 12.9. The predicted octanol–water partition coefficient (Wildman–Crippen LogP) is 2.83. The van der Waals surface area contributed by atoms with Crippen LogP contribution >= 0.6 is 11.6 Å². The molecule has 0 radical (unpaired) electrons. The Morgan fingerprint density at radius 2 is 2.10 bits per heavy atom. The Morgan fingerprint density at radius 1 is 1.33 bits per heavy atom. The second kappa shape index (κ2) is 6.21. The van der Waals surface area contributed by atoms with Gasteiger partial charge in [0.2, 0.25) is 0 Å². The van der Waals surface area contributed by atoms with Gasteiger partial charge in [0.25, 0.3) is 0 Å². The number of benzene rings is 1. The SMILES string of the molecule is O=C(NC1=NCCCN1)Nc1c(Cl)cccc1C(F)(F)F. The fourth-order valence-corrected chi connectivity index (χ4v) is 1.98. The number of guanidine groups is 1. The summed E-state index contributed by atoms with van der Waals surface area (Å²) in [6.07, 6.45) is -3.79. The van der Waals surface area contributed by atoms with Gasteiger partial charge in [0.05, 0.1) is 16.3 Å². The molecule has 3 N–H and O–H groups in total. The van der Waals surface area contributed by atoms with Gasteiger partial charge in [0, 0.05) is 13.1 Å². The molecule has 0 unspecified atom stereocenters. The second-order valence-corrected chi connectivity index (χ2v) is 4.66. The zero-order valence-corrected chi connectivity index (χ0v) is 11.5. The third kappa shape index (κ3) is 4.01. The van der Waals surface area contributed by atoms with E-state index < -0.39 is 23.5 Å². The van der Waals surface area contributed by atoms with Crippen molar-refractivity contribution >= 4 is 29.3 Å². The number of alkyl halides is 3. The number of nitrogens with one attached hydrogen (secondary N) is 3. The predicted molar refractivity (Wildman–Crippen MR) is 73.5 cm³/mol. The minimum Gasteiger partial charge on any atom is -0.356 e. The quantitative estimate of drug-likeness (QED) is 0.745. The number of nitrogens with zero attached hydrogens (tertiary/aromatic N) is 1. The Bertz CT molecular complexity index is 574. The van der Waals surface area contributed by atoms with Crippen LogP contribution < -0.4 is 16.0 Å². The van der Waals surface area contributed by atoms with E-state index in [0.29, 0.717) is 13.1 Å². The van der Waals surface area contributed by atoms with E-state index in [9.17, 15) is 18.0 Å². The molecule has 0 fully saturated rings. The van der Waals surface area contributed by atoms with Crippen LogP contribution in [0.1, 0.15) is 12.0 Å². The minimum absolute atomic E-state index is 0.196. The summed E-state index contributed by atoms with van der Waals surface area (Å²) in [7, 11) is 0. The van der Waals surface area contributed by atoms with Crippen molar-refractivity contribution in [2.75, 3.05) is 18.4 Å². The molecule has 1 aromatic rings. The lowest BCUT2D eigenvalue weighted by atomic mass is 10.1. The fourth-order valence-electron chi connectivity index (χ4n) is 1.76. The van der Waals surface area contributed by atoms with E-state index in [1.165, 1.54) is 12.1 Å². The molecule has 2 amide bonds. The van der Waals surface area contributed by atoms with Crippen molar-refractivity contribution < 1.29 is 18.0 Å². The molecule has 0 saturated heterocycles. The van der Waals surface area contributed by atoms with Crippen LogP contribution in [0.4, 0.5) is 23.7 Å². The highest BCUT2D eigenvalue weighted by molar-refractivity contribution is 6.34. The van der Waals surface area contributed by atoms with Gasteiger partial charge in [-0.25, -0.2) is 4.79 Å². The molecule has 0 saturated carbocycles. The normalized spacial score (nSPS) is 15.0. The number of aliphatic imine (C=N–C) groups is 1. The zero-order chi connectivity index (χ0) is 15.5. The van der Waals surface area contributed by atoms with Gasteiger partial charge in [-0.15, -0.1) is 0 Å². The second-order valence-electron chi connectivity index (χ2n) is 4.25. The summed E-state index contributed by atoms with van der Waals surface area (Å²) in [5.41, 5.74) is -1.50. The average Bonchev–Trinajstić information content (AvgIpc) is 2.41. The number of para-hydroxylation sites is 1. The number of hydrogen-bond acceptors (Lipinski definition) is 3. The third-order valence-electron chi connectivity index (χ3n) is 2.69. The van der Waals surface area contributed by atoms with Crippen LogP contribution in [0.15, 0.2) is 23.2 Å². The molecule has 5 nitrogen and oxygen atoms in total. The maximum absolute atomic E-state index is 12.9. The molecule has 1 aliphatic heterocycles. The average molecular weight is 321 g/mol. The summed E-state index contributed by atoms with van der Waals surface area (Å²) >= 11 is 5.73.